The Hall–Kier alpha value is -5.30. The smallest absolute Gasteiger partial charge is 0.333 e. The summed E-state index contributed by atoms with van der Waals surface area (Å²) in [6.45, 7) is 12.9. The minimum atomic E-state index is -0.407. The van der Waals surface area contributed by atoms with Gasteiger partial charge in [-0.1, -0.05) is 73.8 Å². The molecule has 4 rings (SSSR count). The highest BCUT2D eigenvalue weighted by Crippen LogP contribution is 2.28. The van der Waals surface area contributed by atoms with E-state index >= 15 is 0 Å². The van der Waals surface area contributed by atoms with Crippen LogP contribution < -0.4 is 14.2 Å². The average molecular weight is 705 g/mol. The zero-order chi connectivity index (χ0) is 37.0. The third-order valence-electron chi connectivity index (χ3n) is 8.35. The molecule has 0 bridgehead atoms. The van der Waals surface area contributed by atoms with Crippen LogP contribution >= 0.6 is 0 Å². The first kappa shape index (κ1) is 39.5. The van der Waals surface area contributed by atoms with Crippen molar-refractivity contribution in [3.05, 3.63) is 138 Å². The predicted octanol–water partition coefficient (Wildman–Crippen LogP) is 10.1. The molecule has 0 saturated carbocycles. The molecule has 0 aromatic heterocycles. The Balaban J connectivity index is 1.20. The average Bonchev–Trinajstić information content (AvgIpc) is 3.16. The van der Waals surface area contributed by atoms with E-state index in [4.69, 9.17) is 23.7 Å². The maximum absolute atomic E-state index is 12.2. The molecule has 0 radical (unpaired) electrons. The van der Waals surface area contributed by atoms with Gasteiger partial charge in [-0.05, 0) is 123 Å². The third kappa shape index (κ3) is 14.1. The molecule has 4 aromatic rings. The number of carbonyl (C=O) groups excluding carboxylic acids is 2. The van der Waals surface area contributed by atoms with Crippen molar-refractivity contribution in [1.82, 2.24) is 0 Å². The first-order chi connectivity index (χ1) is 25.3. The largest absolute Gasteiger partial charge is 0.494 e. The summed E-state index contributed by atoms with van der Waals surface area (Å²) in [5, 5.41) is 0. The normalized spacial score (nSPS) is 10.7. The number of ether oxygens (including phenoxy) is 5. The molecule has 0 aliphatic carbocycles. The maximum atomic E-state index is 12.2. The monoisotopic (exact) mass is 704 g/mol. The lowest BCUT2D eigenvalue weighted by Gasteiger charge is -2.14. The molecule has 52 heavy (non-hydrogen) atoms. The van der Waals surface area contributed by atoms with Crippen LogP contribution in [-0.4, -0.2) is 38.4 Å². The van der Waals surface area contributed by atoms with E-state index in [2.05, 4.69) is 55.6 Å². The first-order valence-electron chi connectivity index (χ1n) is 18.2. The number of aryl methyl sites for hydroxylation is 2. The molecule has 0 aliphatic rings. The highest BCUT2D eigenvalue weighted by Gasteiger charge is 2.11. The minimum Gasteiger partial charge on any atom is -0.494 e. The summed E-state index contributed by atoms with van der Waals surface area (Å²) in [4.78, 5) is 23.8. The van der Waals surface area contributed by atoms with Crippen LogP contribution in [0, 0.1) is 0 Å². The van der Waals surface area contributed by atoms with Crippen molar-refractivity contribution in [3.8, 4) is 28.4 Å². The number of unbranched alkanes of at least 4 members (excludes halogenated alkanes) is 3. The van der Waals surface area contributed by atoms with E-state index in [0.29, 0.717) is 30.8 Å². The van der Waals surface area contributed by atoms with E-state index in [1.165, 1.54) is 11.1 Å². The van der Waals surface area contributed by atoms with Gasteiger partial charge in [0, 0.05) is 17.6 Å². The zero-order valence-corrected chi connectivity index (χ0v) is 30.7. The number of carbonyl (C=O) groups is 2. The van der Waals surface area contributed by atoms with Gasteiger partial charge in [-0.2, -0.15) is 0 Å². The molecule has 7 heteroatoms. The molecule has 0 aliphatic heterocycles. The predicted molar refractivity (Wildman–Crippen MR) is 207 cm³/mol. The molecule has 0 unspecified atom stereocenters. The van der Waals surface area contributed by atoms with Gasteiger partial charge in [0.05, 0.1) is 26.4 Å². The van der Waals surface area contributed by atoms with Crippen LogP contribution in [0.1, 0.15) is 69.1 Å². The topological polar surface area (TPSA) is 80.3 Å². The van der Waals surface area contributed by atoms with E-state index in [-0.39, 0.29) is 13.2 Å². The SMILES string of the molecule is C=C(C)C(=O)OCCCOc1ccc(-c2ccc(CCCCc3ccc(OCCCCCOc4ccccc4)cc3)cc2COC(=O)C(=C)C)cc1. The molecule has 0 saturated heterocycles. The summed E-state index contributed by atoms with van der Waals surface area (Å²) in [5.41, 5.74) is 6.18. The van der Waals surface area contributed by atoms with E-state index in [9.17, 15) is 9.59 Å². The Morgan fingerprint density at radius 2 is 1.04 bits per heavy atom. The second kappa shape index (κ2) is 21.8. The molecule has 0 amide bonds. The van der Waals surface area contributed by atoms with Crippen LogP contribution in [-0.2, 0) is 38.5 Å². The molecule has 0 atom stereocenters. The van der Waals surface area contributed by atoms with Crippen LogP contribution in [0.4, 0.5) is 0 Å². The lowest BCUT2D eigenvalue weighted by Crippen LogP contribution is -2.09. The fourth-order valence-electron chi connectivity index (χ4n) is 5.43. The minimum absolute atomic E-state index is 0.160. The summed E-state index contributed by atoms with van der Waals surface area (Å²) in [7, 11) is 0. The Morgan fingerprint density at radius 1 is 0.519 bits per heavy atom. The number of benzene rings is 4. The van der Waals surface area contributed by atoms with Crippen molar-refractivity contribution in [3.63, 3.8) is 0 Å². The Kier molecular flexibility index (Phi) is 16.6. The third-order valence-corrected chi connectivity index (χ3v) is 8.35. The summed E-state index contributed by atoms with van der Waals surface area (Å²) in [6.07, 6.45) is 7.67. The fourth-order valence-corrected chi connectivity index (χ4v) is 5.43. The van der Waals surface area contributed by atoms with Crippen LogP contribution in [0.25, 0.3) is 11.1 Å². The van der Waals surface area contributed by atoms with Crippen molar-refractivity contribution >= 4 is 11.9 Å². The number of para-hydroxylation sites is 1. The number of esters is 2. The Labute approximate surface area is 309 Å². The van der Waals surface area contributed by atoms with Gasteiger partial charge in [0.25, 0.3) is 0 Å². The Bertz CT molecular complexity index is 1710. The summed E-state index contributed by atoms with van der Waals surface area (Å²) < 4.78 is 28.2. The van der Waals surface area contributed by atoms with Gasteiger partial charge in [0.2, 0.25) is 0 Å². The molecule has 274 valence electrons. The van der Waals surface area contributed by atoms with Crippen molar-refractivity contribution in [1.29, 1.82) is 0 Å². The van der Waals surface area contributed by atoms with Gasteiger partial charge in [-0.15, -0.1) is 0 Å². The van der Waals surface area contributed by atoms with Gasteiger partial charge in [0.1, 0.15) is 23.9 Å². The quantitative estimate of drug-likeness (QED) is 0.0432. The highest BCUT2D eigenvalue weighted by molar-refractivity contribution is 5.87. The van der Waals surface area contributed by atoms with E-state index in [1.807, 2.05) is 54.6 Å². The molecule has 0 heterocycles. The Morgan fingerprint density at radius 3 is 1.65 bits per heavy atom. The van der Waals surface area contributed by atoms with Crippen molar-refractivity contribution < 1.29 is 33.3 Å². The molecule has 4 aromatic carbocycles. The second-order valence-corrected chi connectivity index (χ2v) is 12.9. The molecule has 0 spiro atoms. The standard InChI is InChI=1S/C45H52O7/c1-34(2)44(46)51-31-13-30-50-42-25-21-38(22-26-42)43-27-20-37(32-39(43)33-52-45(47)35(3)4)15-10-9-14-36-18-23-41(24-19-36)49-29-12-6-11-28-48-40-16-7-5-8-17-40/h5,7-8,16-27,32H,1,3,6,9-15,28-31,33H2,2,4H3. The molecular formula is C45H52O7. The zero-order valence-electron chi connectivity index (χ0n) is 30.7. The van der Waals surface area contributed by atoms with Gasteiger partial charge >= 0.3 is 11.9 Å². The van der Waals surface area contributed by atoms with Gasteiger partial charge in [-0.25, -0.2) is 9.59 Å². The number of rotatable bonds is 23. The van der Waals surface area contributed by atoms with Gasteiger partial charge < -0.3 is 23.7 Å². The van der Waals surface area contributed by atoms with E-state index in [1.54, 1.807) is 13.8 Å². The maximum Gasteiger partial charge on any atom is 0.333 e. The lowest BCUT2D eigenvalue weighted by atomic mass is 9.95. The summed E-state index contributed by atoms with van der Waals surface area (Å²) in [6, 6.07) is 32.6. The van der Waals surface area contributed by atoms with Crippen molar-refractivity contribution in [2.45, 2.75) is 71.8 Å². The molecule has 0 fully saturated rings. The van der Waals surface area contributed by atoms with E-state index < -0.39 is 11.9 Å². The summed E-state index contributed by atoms with van der Waals surface area (Å²) >= 11 is 0. The lowest BCUT2D eigenvalue weighted by molar-refractivity contribution is -0.140. The molecule has 0 N–H and O–H groups in total. The first-order valence-corrected chi connectivity index (χ1v) is 18.2. The molecular weight excluding hydrogens is 652 g/mol. The van der Waals surface area contributed by atoms with Crippen molar-refractivity contribution in [2.24, 2.45) is 0 Å². The number of hydrogen-bond donors (Lipinski definition) is 0. The van der Waals surface area contributed by atoms with Crippen molar-refractivity contribution in [2.75, 3.05) is 26.4 Å². The fraction of sp³-hybridized carbons (Fsp3) is 0.333. The van der Waals surface area contributed by atoms with Crippen LogP contribution in [0.15, 0.2) is 121 Å². The summed E-state index contributed by atoms with van der Waals surface area (Å²) in [5.74, 6) is 1.75. The highest BCUT2D eigenvalue weighted by atomic mass is 16.5. The number of hydrogen-bond acceptors (Lipinski definition) is 7. The van der Waals surface area contributed by atoms with Crippen LogP contribution in [0.3, 0.4) is 0 Å². The van der Waals surface area contributed by atoms with Crippen LogP contribution in [0.2, 0.25) is 0 Å². The second-order valence-electron chi connectivity index (χ2n) is 12.9. The van der Waals surface area contributed by atoms with Gasteiger partial charge in [0.15, 0.2) is 0 Å². The van der Waals surface area contributed by atoms with Crippen LogP contribution in [0.5, 0.6) is 17.2 Å². The molecule has 7 nitrogen and oxygen atoms in total. The van der Waals surface area contributed by atoms with Gasteiger partial charge in [-0.3, -0.25) is 0 Å². The van der Waals surface area contributed by atoms with E-state index in [0.717, 1.165) is 85.5 Å².